The average molecular weight is 265 g/mol. The Hall–Kier alpha value is -2.22. The number of aromatic nitrogens is 1. The predicted octanol–water partition coefficient (Wildman–Crippen LogP) is 4.55. The number of fused-ring (bicyclic) bond motifs is 1. The molecule has 2 heteroatoms. The molecule has 0 atom stereocenters. The van der Waals surface area contributed by atoms with E-state index in [-0.39, 0.29) is 0 Å². The van der Waals surface area contributed by atoms with Crippen molar-refractivity contribution in [1.29, 1.82) is 0 Å². The lowest BCUT2D eigenvalue weighted by atomic mass is 10.2. The Bertz CT molecular complexity index is 713. The van der Waals surface area contributed by atoms with Crippen LogP contribution in [0.25, 0.3) is 10.9 Å². The molecule has 1 aromatic heterocycles. The molecule has 0 amide bonds. The second-order valence-corrected chi connectivity index (χ2v) is 4.99. The molecule has 0 saturated carbocycles. The van der Waals surface area contributed by atoms with Crippen LogP contribution >= 0.6 is 0 Å². The Labute approximate surface area is 119 Å². The van der Waals surface area contributed by atoms with Crippen LogP contribution in [-0.2, 0) is 13.2 Å². The summed E-state index contributed by atoms with van der Waals surface area (Å²) in [4.78, 5) is 0. The highest BCUT2D eigenvalue weighted by Gasteiger charge is 2.08. The van der Waals surface area contributed by atoms with Crippen molar-refractivity contribution in [3.63, 3.8) is 0 Å². The van der Waals surface area contributed by atoms with Crippen LogP contribution < -0.4 is 4.74 Å². The van der Waals surface area contributed by atoms with Gasteiger partial charge in [0.1, 0.15) is 12.4 Å². The van der Waals surface area contributed by atoms with Crippen molar-refractivity contribution in [3.05, 3.63) is 65.9 Å². The maximum absolute atomic E-state index is 6.00. The van der Waals surface area contributed by atoms with Crippen molar-refractivity contribution >= 4 is 10.9 Å². The van der Waals surface area contributed by atoms with Crippen molar-refractivity contribution in [2.45, 2.75) is 27.0 Å². The monoisotopic (exact) mass is 265 g/mol. The van der Waals surface area contributed by atoms with Gasteiger partial charge in [-0.2, -0.15) is 0 Å². The highest BCUT2D eigenvalue weighted by atomic mass is 16.5. The van der Waals surface area contributed by atoms with Crippen molar-refractivity contribution in [3.8, 4) is 5.75 Å². The second kappa shape index (κ2) is 5.41. The Kier molecular flexibility index (Phi) is 3.46. The van der Waals surface area contributed by atoms with E-state index in [0.717, 1.165) is 12.3 Å². The van der Waals surface area contributed by atoms with E-state index in [1.54, 1.807) is 0 Å². The Morgan fingerprint density at radius 1 is 1.00 bits per heavy atom. The van der Waals surface area contributed by atoms with Crippen molar-refractivity contribution in [1.82, 2.24) is 4.57 Å². The number of rotatable bonds is 4. The fourth-order valence-corrected chi connectivity index (χ4v) is 2.67. The smallest absolute Gasteiger partial charge is 0.129 e. The molecule has 0 aliphatic rings. The number of nitrogens with zero attached hydrogens (tertiary/aromatic N) is 1. The Balaban J connectivity index is 1.92. The van der Waals surface area contributed by atoms with Gasteiger partial charge in [0.25, 0.3) is 0 Å². The molecule has 102 valence electrons. The molecule has 0 spiro atoms. The molecular weight excluding hydrogens is 246 g/mol. The number of ether oxygens (including phenoxy) is 1. The summed E-state index contributed by atoms with van der Waals surface area (Å²) >= 11 is 0. The van der Waals surface area contributed by atoms with Gasteiger partial charge in [0, 0.05) is 17.6 Å². The van der Waals surface area contributed by atoms with Gasteiger partial charge < -0.3 is 9.30 Å². The molecule has 0 aliphatic carbocycles. The van der Waals surface area contributed by atoms with Crippen molar-refractivity contribution < 1.29 is 4.74 Å². The van der Waals surface area contributed by atoms with Gasteiger partial charge in [-0.15, -0.1) is 0 Å². The number of hydrogen-bond acceptors (Lipinski definition) is 1. The van der Waals surface area contributed by atoms with Crippen LogP contribution in [0.2, 0.25) is 0 Å². The first-order valence-corrected chi connectivity index (χ1v) is 7.05. The lowest BCUT2D eigenvalue weighted by molar-refractivity contribution is 0.310. The maximum Gasteiger partial charge on any atom is 0.129 e. The highest BCUT2D eigenvalue weighted by molar-refractivity contribution is 5.87. The van der Waals surface area contributed by atoms with E-state index in [2.05, 4.69) is 48.7 Å². The van der Waals surface area contributed by atoms with E-state index in [4.69, 9.17) is 4.74 Å². The van der Waals surface area contributed by atoms with Gasteiger partial charge in [0.15, 0.2) is 0 Å². The van der Waals surface area contributed by atoms with E-state index >= 15 is 0 Å². The molecule has 0 saturated heterocycles. The fourth-order valence-electron chi connectivity index (χ4n) is 2.67. The molecule has 0 fully saturated rings. The third-order valence-corrected chi connectivity index (χ3v) is 3.67. The normalized spacial score (nSPS) is 10.9. The summed E-state index contributed by atoms with van der Waals surface area (Å²) in [5.74, 6) is 0.960. The summed E-state index contributed by atoms with van der Waals surface area (Å²) in [5.41, 5.74) is 3.71. The standard InChI is InChI=1S/C18H19NO/c1-3-19-14(2)12-16-17(19)10-7-11-18(16)20-13-15-8-5-4-6-9-15/h4-12H,3,13H2,1-2H3. The van der Waals surface area contributed by atoms with Crippen LogP contribution in [0.3, 0.4) is 0 Å². The van der Waals surface area contributed by atoms with Gasteiger partial charge >= 0.3 is 0 Å². The van der Waals surface area contributed by atoms with Crippen LogP contribution in [-0.4, -0.2) is 4.57 Å². The molecule has 0 unspecified atom stereocenters. The van der Waals surface area contributed by atoms with E-state index in [0.29, 0.717) is 6.61 Å². The van der Waals surface area contributed by atoms with Crippen LogP contribution in [0.5, 0.6) is 5.75 Å². The first-order valence-electron chi connectivity index (χ1n) is 7.05. The van der Waals surface area contributed by atoms with Gasteiger partial charge in [-0.1, -0.05) is 36.4 Å². The quantitative estimate of drug-likeness (QED) is 0.675. The molecule has 0 bridgehead atoms. The lowest BCUT2D eigenvalue weighted by Gasteiger charge is -2.08. The number of aryl methyl sites for hydroxylation is 2. The minimum absolute atomic E-state index is 0.607. The summed E-state index contributed by atoms with van der Waals surface area (Å²) in [6.07, 6.45) is 0. The fraction of sp³-hybridized carbons (Fsp3) is 0.222. The summed E-state index contributed by atoms with van der Waals surface area (Å²) < 4.78 is 8.32. The summed E-state index contributed by atoms with van der Waals surface area (Å²) in [6, 6.07) is 18.7. The first kappa shape index (κ1) is 12.8. The molecule has 0 aliphatic heterocycles. The average Bonchev–Trinajstić information content (AvgIpc) is 2.82. The summed E-state index contributed by atoms with van der Waals surface area (Å²) in [5, 5.41) is 1.20. The van der Waals surface area contributed by atoms with E-state index < -0.39 is 0 Å². The maximum atomic E-state index is 6.00. The molecule has 0 radical (unpaired) electrons. The van der Waals surface area contributed by atoms with Gasteiger partial charge in [-0.3, -0.25) is 0 Å². The molecule has 0 N–H and O–H groups in total. The number of hydrogen-bond donors (Lipinski definition) is 0. The molecule has 1 heterocycles. The van der Waals surface area contributed by atoms with Crippen LogP contribution in [0.4, 0.5) is 0 Å². The zero-order chi connectivity index (χ0) is 13.9. The topological polar surface area (TPSA) is 14.2 Å². The molecule has 2 nitrogen and oxygen atoms in total. The third kappa shape index (κ3) is 2.29. The van der Waals surface area contributed by atoms with Gasteiger partial charge in [-0.25, -0.2) is 0 Å². The van der Waals surface area contributed by atoms with Gasteiger partial charge in [0.2, 0.25) is 0 Å². The molecular formula is C18H19NO. The first-order chi connectivity index (χ1) is 9.79. The third-order valence-electron chi connectivity index (χ3n) is 3.67. The zero-order valence-corrected chi connectivity index (χ0v) is 12.0. The van der Waals surface area contributed by atoms with E-state index in [9.17, 15) is 0 Å². The highest BCUT2D eigenvalue weighted by Crippen LogP contribution is 2.29. The minimum atomic E-state index is 0.607. The lowest BCUT2D eigenvalue weighted by Crippen LogP contribution is -1.97. The Morgan fingerprint density at radius 3 is 2.55 bits per heavy atom. The number of benzene rings is 2. The zero-order valence-electron chi connectivity index (χ0n) is 12.0. The van der Waals surface area contributed by atoms with Crippen LogP contribution in [0, 0.1) is 6.92 Å². The van der Waals surface area contributed by atoms with Gasteiger partial charge in [-0.05, 0) is 37.6 Å². The molecule has 3 rings (SSSR count). The summed E-state index contributed by atoms with van der Waals surface area (Å²) in [6.45, 7) is 5.90. The van der Waals surface area contributed by atoms with Crippen LogP contribution in [0.1, 0.15) is 18.2 Å². The minimum Gasteiger partial charge on any atom is -0.488 e. The van der Waals surface area contributed by atoms with Gasteiger partial charge in [0.05, 0.1) is 5.52 Å². The Morgan fingerprint density at radius 2 is 1.80 bits per heavy atom. The van der Waals surface area contributed by atoms with Crippen molar-refractivity contribution in [2.75, 3.05) is 0 Å². The predicted molar refractivity (Wildman–Crippen MR) is 83.1 cm³/mol. The molecule has 2 aromatic carbocycles. The van der Waals surface area contributed by atoms with E-state index in [1.165, 1.54) is 22.2 Å². The second-order valence-electron chi connectivity index (χ2n) is 4.99. The molecule has 3 aromatic rings. The van der Waals surface area contributed by atoms with Crippen LogP contribution in [0.15, 0.2) is 54.6 Å². The van der Waals surface area contributed by atoms with E-state index in [1.807, 2.05) is 24.3 Å². The largest absolute Gasteiger partial charge is 0.488 e. The summed E-state index contributed by atoms with van der Waals surface area (Å²) in [7, 11) is 0. The van der Waals surface area contributed by atoms with Crippen molar-refractivity contribution in [2.24, 2.45) is 0 Å². The molecule has 20 heavy (non-hydrogen) atoms. The SMILES string of the molecule is CCn1c(C)cc2c(OCc3ccccc3)cccc21.